The van der Waals surface area contributed by atoms with Gasteiger partial charge < -0.3 is 14.8 Å². The van der Waals surface area contributed by atoms with Crippen LogP contribution < -0.4 is 10.0 Å². The smallest absolute Gasteiger partial charge is 0.407 e. The lowest BCUT2D eigenvalue weighted by molar-refractivity contribution is -0.0385. The molecule has 0 aromatic carbocycles. The first kappa shape index (κ1) is 34.9. The molecule has 1 atom stereocenters. The summed E-state index contributed by atoms with van der Waals surface area (Å²) in [6.45, 7) is 3.64. The van der Waals surface area contributed by atoms with E-state index in [9.17, 15) is 13.2 Å². The normalized spacial score (nSPS) is 17.8. The minimum Gasteiger partial charge on any atom is -0.446 e. The summed E-state index contributed by atoms with van der Waals surface area (Å²) in [5, 5.41) is 2.82. The molecule has 37 heavy (non-hydrogen) atoms. The number of unbranched alkanes of at least 4 members (excludes halogenated alkanes) is 15. The minimum atomic E-state index is -3.34. The number of carbonyl (C=O) groups excluding carboxylic acids is 1. The van der Waals surface area contributed by atoms with Gasteiger partial charge in [0.1, 0.15) is 12.2 Å². The highest BCUT2D eigenvalue weighted by Crippen LogP contribution is 2.26. The summed E-state index contributed by atoms with van der Waals surface area (Å²) in [7, 11) is -3.34. The van der Waals surface area contributed by atoms with E-state index in [-0.39, 0.29) is 18.9 Å². The molecule has 0 aromatic rings. The Balaban J connectivity index is 1.97. The third-order valence-electron chi connectivity index (χ3n) is 7.11. The summed E-state index contributed by atoms with van der Waals surface area (Å²) >= 11 is 2.17. The number of nitrogens with one attached hydrogen (secondary N) is 2. The summed E-state index contributed by atoms with van der Waals surface area (Å²) in [6, 6.07) is 0. The minimum absolute atomic E-state index is 0.0621. The van der Waals surface area contributed by atoms with E-state index >= 15 is 0 Å². The zero-order valence-corrected chi connectivity index (χ0v) is 26.5. The second-order valence-electron chi connectivity index (χ2n) is 10.6. The second-order valence-corrected chi connectivity index (χ2v) is 13.6. The van der Waals surface area contributed by atoms with Crippen molar-refractivity contribution in [1.29, 1.82) is 0 Å². The molecule has 1 amide bonds. The molecular formula is C28H55IN2O5S. The molecule has 0 bridgehead atoms. The maximum Gasteiger partial charge on any atom is 0.407 e. The third-order valence-corrected chi connectivity index (χ3v) is 9.28. The van der Waals surface area contributed by atoms with E-state index in [4.69, 9.17) is 9.47 Å². The maximum atomic E-state index is 12.1. The first-order valence-corrected chi connectivity index (χ1v) is 18.2. The van der Waals surface area contributed by atoms with Gasteiger partial charge in [-0.05, 0) is 25.7 Å². The summed E-state index contributed by atoms with van der Waals surface area (Å²) in [5.74, 6) is 0.104. The van der Waals surface area contributed by atoms with Crippen LogP contribution in [0.3, 0.4) is 0 Å². The van der Waals surface area contributed by atoms with Crippen LogP contribution in [0.5, 0.6) is 0 Å². The first-order valence-electron chi connectivity index (χ1n) is 15.0. The predicted molar refractivity (Wildman–Crippen MR) is 162 cm³/mol. The van der Waals surface area contributed by atoms with Gasteiger partial charge in [-0.1, -0.05) is 126 Å². The Morgan fingerprint density at radius 2 is 1.41 bits per heavy atom. The highest BCUT2D eigenvalue weighted by atomic mass is 127. The molecule has 1 rings (SSSR count). The molecule has 9 heteroatoms. The van der Waals surface area contributed by atoms with Gasteiger partial charge in [0.25, 0.3) is 0 Å². The summed E-state index contributed by atoms with van der Waals surface area (Å²) in [4.78, 5) is 12.1. The standard InChI is InChI=1S/C28H55IN2O5S/c1-2-3-4-5-6-7-8-9-10-11-12-13-14-15-16-17-22-30-27(32)35-26-28(20-18-23-36-28)25-31-37(33,34)24-19-21-29/h31H,2-26H2,1H3,(H,30,32). The molecule has 1 fully saturated rings. The SMILES string of the molecule is CCCCCCCCCCCCCCCCCCNC(=O)OCC1(CNS(=O)(=O)CCCI)CCCO1. The Bertz CT molecular complexity index is 657. The number of amides is 1. The van der Waals surface area contributed by atoms with Gasteiger partial charge in [-0.25, -0.2) is 17.9 Å². The van der Waals surface area contributed by atoms with Crippen LogP contribution in [0.1, 0.15) is 129 Å². The van der Waals surface area contributed by atoms with Crippen molar-refractivity contribution in [3.63, 3.8) is 0 Å². The van der Waals surface area contributed by atoms with E-state index in [2.05, 4.69) is 39.6 Å². The number of alkyl halides is 1. The van der Waals surface area contributed by atoms with E-state index in [0.717, 1.165) is 23.7 Å². The van der Waals surface area contributed by atoms with Gasteiger partial charge in [0.2, 0.25) is 10.0 Å². The van der Waals surface area contributed by atoms with Crippen molar-refractivity contribution in [2.75, 3.05) is 36.5 Å². The number of hydrogen-bond donors (Lipinski definition) is 2. The van der Waals surface area contributed by atoms with E-state index in [1.165, 1.54) is 89.9 Å². The van der Waals surface area contributed by atoms with Crippen LogP contribution in [-0.4, -0.2) is 56.6 Å². The first-order chi connectivity index (χ1) is 17.9. The van der Waals surface area contributed by atoms with Gasteiger partial charge in [0, 0.05) is 24.1 Å². The Hall–Kier alpha value is -0.130. The van der Waals surface area contributed by atoms with Crippen LogP contribution in [0.25, 0.3) is 0 Å². The lowest BCUT2D eigenvalue weighted by atomic mass is 10.0. The molecule has 1 unspecified atom stereocenters. The van der Waals surface area contributed by atoms with Crippen LogP contribution in [0.2, 0.25) is 0 Å². The average molecular weight is 659 g/mol. The molecule has 0 saturated carbocycles. The zero-order valence-electron chi connectivity index (χ0n) is 23.5. The Morgan fingerprint density at radius 3 is 1.89 bits per heavy atom. The molecule has 2 N–H and O–H groups in total. The summed E-state index contributed by atoms with van der Waals surface area (Å²) < 4.78 is 38.9. The van der Waals surface area contributed by atoms with E-state index in [1.54, 1.807) is 0 Å². The van der Waals surface area contributed by atoms with Crippen molar-refractivity contribution < 1.29 is 22.7 Å². The number of hydrogen-bond acceptors (Lipinski definition) is 5. The van der Waals surface area contributed by atoms with Crippen molar-refractivity contribution >= 4 is 38.7 Å². The predicted octanol–water partition coefficient (Wildman–Crippen LogP) is 7.27. The van der Waals surface area contributed by atoms with Crippen LogP contribution in [0.4, 0.5) is 4.79 Å². The number of halogens is 1. The van der Waals surface area contributed by atoms with E-state index in [0.29, 0.717) is 26.0 Å². The van der Waals surface area contributed by atoms with E-state index < -0.39 is 21.7 Å². The monoisotopic (exact) mass is 658 g/mol. The molecule has 1 heterocycles. The van der Waals surface area contributed by atoms with Gasteiger partial charge >= 0.3 is 6.09 Å². The van der Waals surface area contributed by atoms with Crippen LogP contribution in [-0.2, 0) is 19.5 Å². The number of rotatable bonds is 25. The number of ether oxygens (including phenoxy) is 2. The lowest BCUT2D eigenvalue weighted by Gasteiger charge is -2.28. The number of alkyl carbamates (subject to hydrolysis) is 1. The molecule has 0 radical (unpaired) electrons. The average Bonchev–Trinajstić information content (AvgIpc) is 3.36. The molecule has 0 spiro atoms. The Labute approximate surface area is 241 Å². The van der Waals surface area contributed by atoms with Crippen molar-refractivity contribution in [1.82, 2.24) is 10.0 Å². The molecule has 220 valence electrons. The van der Waals surface area contributed by atoms with Crippen molar-refractivity contribution in [3.05, 3.63) is 0 Å². The molecule has 7 nitrogen and oxygen atoms in total. The highest BCUT2D eigenvalue weighted by molar-refractivity contribution is 14.1. The second kappa shape index (κ2) is 22.7. The fourth-order valence-electron chi connectivity index (χ4n) is 4.73. The fourth-order valence-corrected chi connectivity index (χ4v) is 6.78. The van der Waals surface area contributed by atoms with Crippen LogP contribution in [0.15, 0.2) is 0 Å². The lowest BCUT2D eigenvalue weighted by Crippen LogP contribution is -2.47. The molecule has 1 aliphatic heterocycles. The molecule has 1 aliphatic rings. The molecule has 0 aromatic heterocycles. The van der Waals surface area contributed by atoms with Crippen LogP contribution in [0, 0.1) is 0 Å². The maximum absolute atomic E-state index is 12.1. The topological polar surface area (TPSA) is 93.7 Å². The van der Waals surface area contributed by atoms with Gasteiger partial charge in [0.05, 0.1) is 5.75 Å². The summed E-state index contributed by atoms with van der Waals surface area (Å²) in [5.41, 5.74) is -0.761. The Morgan fingerprint density at radius 1 is 0.865 bits per heavy atom. The largest absolute Gasteiger partial charge is 0.446 e. The highest BCUT2D eigenvalue weighted by Gasteiger charge is 2.37. The molecule has 1 saturated heterocycles. The van der Waals surface area contributed by atoms with Crippen molar-refractivity contribution in [2.45, 2.75) is 135 Å². The molecular weight excluding hydrogens is 603 g/mol. The van der Waals surface area contributed by atoms with Crippen molar-refractivity contribution in [3.8, 4) is 0 Å². The van der Waals surface area contributed by atoms with Gasteiger partial charge in [-0.3, -0.25) is 0 Å². The van der Waals surface area contributed by atoms with E-state index in [1.807, 2.05) is 0 Å². The Kier molecular flexibility index (Phi) is 21.4. The van der Waals surface area contributed by atoms with Gasteiger partial charge in [-0.15, -0.1) is 0 Å². The van der Waals surface area contributed by atoms with Gasteiger partial charge in [0.15, 0.2) is 0 Å². The quantitative estimate of drug-likeness (QED) is 0.0612. The van der Waals surface area contributed by atoms with Crippen LogP contribution >= 0.6 is 22.6 Å². The number of carbonyl (C=O) groups is 1. The van der Waals surface area contributed by atoms with Gasteiger partial charge in [-0.2, -0.15) is 0 Å². The zero-order chi connectivity index (χ0) is 27.1. The summed E-state index contributed by atoms with van der Waals surface area (Å²) in [6.07, 6.45) is 22.8. The van der Waals surface area contributed by atoms with Crippen molar-refractivity contribution in [2.24, 2.45) is 0 Å². The molecule has 0 aliphatic carbocycles. The fraction of sp³-hybridized carbons (Fsp3) is 0.964. The third kappa shape index (κ3) is 19.6. The number of sulfonamides is 1.